The van der Waals surface area contributed by atoms with Crippen LogP contribution in [0.2, 0.25) is 0 Å². The zero-order valence-corrected chi connectivity index (χ0v) is 16.2. The highest BCUT2D eigenvalue weighted by molar-refractivity contribution is 9.10. The van der Waals surface area contributed by atoms with Crippen molar-refractivity contribution in [3.63, 3.8) is 0 Å². The van der Waals surface area contributed by atoms with Gasteiger partial charge in [-0.1, -0.05) is 0 Å². The third-order valence-corrected chi connectivity index (χ3v) is 4.00. The second-order valence-electron chi connectivity index (χ2n) is 5.15. The Morgan fingerprint density at radius 2 is 1.92 bits per heavy atom. The number of benzene rings is 1. The number of carbonyl (C=O) groups is 3. The normalized spacial score (nSPS) is 15.2. The minimum Gasteiger partial charge on any atom is -0.490 e. The number of nitrogens with one attached hydrogen (secondary N) is 1. The van der Waals surface area contributed by atoms with E-state index in [2.05, 4.69) is 26.0 Å². The Kier molecular flexibility index (Phi) is 6.62. The number of nitrogens with zero attached hydrogens (tertiary/aromatic N) is 1. The second-order valence-corrected chi connectivity index (χ2v) is 6.01. The van der Waals surface area contributed by atoms with Crippen molar-refractivity contribution < 1.29 is 28.6 Å². The molecule has 0 atom stereocenters. The highest BCUT2D eigenvalue weighted by atomic mass is 79.9. The van der Waals surface area contributed by atoms with E-state index in [0.29, 0.717) is 34.7 Å². The van der Waals surface area contributed by atoms with Crippen molar-refractivity contribution in [2.45, 2.75) is 13.8 Å². The zero-order chi connectivity index (χ0) is 19.3. The molecule has 1 aliphatic rings. The summed E-state index contributed by atoms with van der Waals surface area (Å²) in [6, 6.07) is 2.76. The first-order chi connectivity index (χ1) is 12.4. The predicted octanol–water partition coefficient (Wildman–Crippen LogP) is 2.31. The molecule has 1 heterocycles. The quantitative estimate of drug-likeness (QED) is 0.408. The number of esters is 1. The zero-order valence-electron chi connectivity index (χ0n) is 14.6. The van der Waals surface area contributed by atoms with Gasteiger partial charge in [0.2, 0.25) is 0 Å². The number of urea groups is 1. The molecule has 1 aromatic carbocycles. The number of carbonyl (C=O) groups excluding carboxylic acids is 3. The lowest BCUT2D eigenvalue weighted by Gasteiger charge is -2.13. The largest absolute Gasteiger partial charge is 0.490 e. The van der Waals surface area contributed by atoms with E-state index < -0.39 is 24.5 Å². The highest BCUT2D eigenvalue weighted by Crippen LogP contribution is 2.37. The van der Waals surface area contributed by atoms with Gasteiger partial charge < -0.3 is 19.5 Å². The Balaban J connectivity index is 2.33. The SMILES string of the molecule is CCOc1cc(/C=C2/NC(=O)N(CC(=O)OC)C2=O)cc(Br)c1OCC. The van der Waals surface area contributed by atoms with Crippen LogP contribution in [-0.4, -0.2) is 49.7 Å². The molecule has 1 fully saturated rings. The summed E-state index contributed by atoms with van der Waals surface area (Å²) in [6.07, 6.45) is 1.50. The Morgan fingerprint density at radius 3 is 2.54 bits per heavy atom. The van der Waals surface area contributed by atoms with Gasteiger partial charge in [0, 0.05) is 0 Å². The molecule has 0 radical (unpaired) electrons. The third-order valence-electron chi connectivity index (χ3n) is 3.41. The van der Waals surface area contributed by atoms with Crippen molar-refractivity contribution in [1.29, 1.82) is 0 Å². The number of halogens is 1. The van der Waals surface area contributed by atoms with Crippen LogP contribution in [0.15, 0.2) is 22.3 Å². The first-order valence-electron chi connectivity index (χ1n) is 7.91. The van der Waals surface area contributed by atoms with E-state index >= 15 is 0 Å². The number of imide groups is 1. The maximum Gasteiger partial charge on any atom is 0.329 e. The van der Waals surface area contributed by atoms with Gasteiger partial charge in [0.05, 0.1) is 24.8 Å². The van der Waals surface area contributed by atoms with Gasteiger partial charge in [-0.25, -0.2) is 9.69 Å². The number of hydrogen-bond donors (Lipinski definition) is 1. The van der Waals surface area contributed by atoms with Gasteiger partial charge in [-0.05, 0) is 53.5 Å². The number of methoxy groups -OCH3 is 1. The van der Waals surface area contributed by atoms with Crippen LogP contribution >= 0.6 is 15.9 Å². The standard InChI is InChI=1S/C17H19BrN2O6/c1-4-25-13-8-10(6-11(18)15(13)26-5-2)7-12-16(22)20(17(23)19-12)9-14(21)24-3/h6-8H,4-5,9H2,1-3H3,(H,19,23)/b12-7+. The van der Waals surface area contributed by atoms with E-state index in [1.807, 2.05) is 13.8 Å². The molecule has 0 aliphatic carbocycles. The summed E-state index contributed by atoms with van der Waals surface area (Å²) in [4.78, 5) is 36.4. The van der Waals surface area contributed by atoms with Gasteiger partial charge in [0.15, 0.2) is 11.5 Å². The molecule has 9 heteroatoms. The number of ether oxygens (including phenoxy) is 3. The molecule has 8 nitrogen and oxygen atoms in total. The smallest absolute Gasteiger partial charge is 0.329 e. The van der Waals surface area contributed by atoms with Crippen LogP contribution in [0.1, 0.15) is 19.4 Å². The third kappa shape index (κ3) is 4.34. The fraction of sp³-hybridized carbons (Fsp3) is 0.353. The maximum absolute atomic E-state index is 12.3. The van der Waals surface area contributed by atoms with E-state index in [0.717, 1.165) is 4.90 Å². The molecule has 1 N–H and O–H groups in total. The fourth-order valence-electron chi connectivity index (χ4n) is 2.29. The molecule has 2 rings (SSSR count). The molecule has 0 bridgehead atoms. The summed E-state index contributed by atoms with van der Waals surface area (Å²) in [6.45, 7) is 4.17. The van der Waals surface area contributed by atoms with Crippen LogP contribution in [0.3, 0.4) is 0 Å². The molecule has 1 aliphatic heterocycles. The molecule has 0 saturated carbocycles. The van der Waals surface area contributed by atoms with Gasteiger partial charge in [0.25, 0.3) is 5.91 Å². The number of rotatable bonds is 7. The van der Waals surface area contributed by atoms with Gasteiger partial charge >= 0.3 is 12.0 Å². The molecule has 1 aromatic rings. The van der Waals surface area contributed by atoms with Crippen LogP contribution in [0.5, 0.6) is 11.5 Å². The lowest BCUT2D eigenvalue weighted by atomic mass is 10.1. The van der Waals surface area contributed by atoms with E-state index in [-0.39, 0.29) is 5.70 Å². The second kappa shape index (κ2) is 8.70. The van der Waals surface area contributed by atoms with Crippen molar-refractivity contribution >= 4 is 39.9 Å². The van der Waals surface area contributed by atoms with E-state index in [1.165, 1.54) is 13.2 Å². The molecule has 1 saturated heterocycles. The molecule has 3 amide bonds. The average molecular weight is 427 g/mol. The van der Waals surface area contributed by atoms with Crippen LogP contribution in [-0.2, 0) is 14.3 Å². The van der Waals surface area contributed by atoms with Crippen LogP contribution in [0, 0.1) is 0 Å². The van der Waals surface area contributed by atoms with Gasteiger partial charge in [-0.15, -0.1) is 0 Å². The van der Waals surface area contributed by atoms with Crippen LogP contribution < -0.4 is 14.8 Å². The van der Waals surface area contributed by atoms with Crippen molar-refractivity contribution in [2.75, 3.05) is 26.9 Å². The summed E-state index contributed by atoms with van der Waals surface area (Å²) in [5.74, 6) is -0.218. The molecular weight excluding hydrogens is 408 g/mol. The van der Waals surface area contributed by atoms with Gasteiger partial charge in [-0.2, -0.15) is 0 Å². The molecule has 140 valence electrons. The van der Waals surface area contributed by atoms with Crippen LogP contribution in [0.25, 0.3) is 6.08 Å². The number of amides is 3. The van der Waals surface area contributed by atoms with Crippen molar-refractivity contribution in [3.8, 4) is 11.5 Å². The van der Waals surface area contributed by atoms with E-state index in [1.54, 1.807) is 12.1 Å². The maximum atomic E-state index is 12.3. The first kappa shape index (κ1) is 19.8. The number of hydrogen-bond acceptors (Lipinski definition) is 6. The Labute approximate surface area is 159 Å². The first-order valence-corrected chi connectivity index (χ1v) is 8.71. The van der Waals surface area contributed by atoms with Crippen molar-refractivity contribution in [3.05, 3.63) is 27.9 Å². The Bertz CT molecular complexity index is 762. The fourth-order valence-corrected chi connectivity index (χ4v) is 2.87. The lowest BCUT2D eigenvalue weighted by Crippen LogP contribution is -2.36. The predicted molar refractivity (Wildman–Crippen MR) is 96.7 cm³/mol. The van der Waals surface area contributed by atoms with Gasteiger partial charge in [0.1, 0.15) is 12.2 Å². The molecule has 0 unspecified atom stereocenters. The summed E-state index contributed by atoms with van der Waals surface area (Å²) in [5.41, 5.74) is 0.671. The molecule has 0 aromatic heterocycles. The summed E-state index contributed by atoms with van der Waals surface area (Å²) < 4.78 is 16.3. The highest BCUT2D eigenvalue weighted by Gasteiger charge is 2.35. The molecule has 26 heavy (non-hydrogen) atoms. The topological polar surface area (TPSA) is 94.2 Å². The van der Waals surface area contributed by atoms with Crippen molar-refractivity contribution in [2.24, 2.45) is 0 Å². The molecule has 0 spiro atoms. The Morgan fingerprint density at radius 1 is 1.23 bits per heavy atom. The Hall–Kier alpha value is -2.55. The van der Waals surface area contributed by atoms with Gasteiger partial charge in [-0.3, -0.25) is 9.59 Å². The van der Waals surface area contributed by atoms with E-state index in [9.17, 15) is 14.4 Å². The summed E-state index contributed by atoms with van der Waals surface area (Å²) in [5, 5.41) is 2.45. The monoisotopic (exact) mass is 426 g/mol. The lowest BCUT2D eigenvalue weighted by molar-refractivity contribution is -0.143. The van der Waals surface area contributed by atoms with E-state index in [4.69, 9.17) is 9.47 Å². The summed E-state index contributed by atoms with van der Waals surface area (Å²) >= 11 is 3.42. The average Bonchev–Trinajstić information content (AvgIpc) is 2.85. The van der Waals surface area contributed by atoms with Crippen molar-refractivity contribution in [1.82, 2.24) is 10.2 Å². The summed E-state index contributed by atoms with van der Waals surface area (Å²) in [7, 11) is 1.18. The minimum absolute atomic E-state index is 0.0532. The minimum atomic E-state index is -0.683. The molecular formula is C17H19BrN2O6. The van der Waals surface area contributed by atoms with Crippen LogP contribution in [0.4, 0.5) is 4.79 Å².